The molecule has 0 radical (unpaired) electrons. The number of hydrogen-bond acceptors (Lipinski definition) is 6. The van der Waals surface area contributed by atoms with Gasteiger partial charge in [0.15, 0.2) is 0 Å². The molecule has 1 unspecified atom stereocenters. The quantitative estimate of drug-likeness (QED) is 0.454. The highest BCUT2D eigenvalue weighted by atomic mass is 32.2. The zero-order chi connectivity index (χ0) is 13.8. The fourth-order valence-electron chi connectivity index (χ4n) is 1.25. The van der Waals surface area contributed by atoms with Crippen molar-refractivity contribution in [3.05, 3.63) is 29.6 Å². The zero-order valence-corrected chi connectivity index (χ0v) is 11.5. The molecule has 1 rings (SSSR count). The van der Waals surface area contributed by atoms with Gasteiger partial charge in [0.1, 0.15) is 10.7 Å². The van der Waals surface area contributed by atoms with Gasteiger partial charge in [0, 0.05) is 7.11 Å². The van der Waals surface area contributed by atoms with Crippen LogP contribution >= 0.6 is 8.25 Å². The van der Waals surface area contributed by atoms with Crippen molar-refractivity contribution in [1.82, 2.24) is 0 Å². The first kappa shape index (κ1) is 15.3. The molecule has 0 heterocycles. The summed E-state index contributed by atoms with van der Waals surface area (Å²) in [6.07, 6.45) is 0.287. The van der Waals surface area contributed by atoms with Gasteiger partial charge in [-0.15, -0.1) is 4.67 Å². The molecule has 0 aliphatic carbocycles. The van der Waals surface area contributed by atoms with E-state index in [2.05, 4.69) is 13.5 Å². The Bertz CT molecular complexity index is 544. The highest BCUT2D eigenvalue weighted by molar-refractivity contribution is 7.86. The summed E-state index contributed by atoms with van der Waals surface area (Å²) in [5.74, 6) is -0.963. The minimum atomic E-state index is -4.49. The Morgan fingerprint density at radius 3 is 2.61 bits per heavy atom. The molecule has 0 saturated heterocycles. The summed E-state index contributed by atoms with van der Waals surface area (Å²) in [6.45, 7) is 1.66. The molecule has 0 saturated carbocycles. The molecule has 0 bridgehead atoms. The first-order chi connectivity index (χ1) is 8.42. The van der Waals surface area contributed by atoms with Crippen LogP contribution in [0.3, 0.4) is 0 Å². The Labute approximate surface area is 105 Å². The van der Waals surface area contributed by atoms with Crippen LogP contribution in [-0.4, -0.2) is 15.5 Å². The van der Waals surface area contributed by atoms with Gasteiger partial charge in [0.25, 0.3) is 0 Å². The number of benzene rings is 1. The summed E-state index contributed by atoms with van der Waals surface area (Å²) in [5, 5.41) is 0. The number of rotatable bonds is 6. The summed E-state index contributed by atoms with van der Waals surface area (Å²) >= 11 is 0. The van der Waals surface area contributed by atoms with Crippen molar-refractivity contribution in [3.8, 4) is 0 Å². The molecule has 18 heavy (non-hydrogen) atoms. The summed E-state index contributed by atoms with van der Waals surface area (Å²) in [4.78, 5) is -0.626. The third-order valence-corrected chi connectivity index (χ3v) is 3.92. The smallest absolute Gasteiger partial charge is 0.312 e. The molecule has 0 N–H and O–H groups in total. The minimum absolute atomic E-state index is 0.232. The highest BCUT2D eigenvalue weighted by Gasteiger charge is 2.25. The fraction of sp³-hybridized carbons (Fsp3) is 0.333. The van der Waals surface area contributed by atoms with E-state index in [-0.39, 0.29) is 12.0 Å². The van der Waals surface area contributed by atoms with E-state index < -0.39 is 29.1 Å². The third kappa shape index (κ3) is 3.60. The maximum atomic E-state index is 13.5. The SMILES string of the molecule is CCc1cccc(F)c1S(=O)(=O)OO[PH](=O)OC. The van der Waals surface area contributed by atoms with Gasteiger partial charge in [-0.25, -0.2) is 4.39 Å². The van der Waals surface area contributed by atoms with Crippen molar-refractivity contribution >= 4 is 18.4 Å². The molecule has 1 aromatic carbocycles. The lowest BCUT2D eigenvalue weighted by Crippen LogP contribution is -2.10. The van der Waals surface area contributed by atoms with E-state index in [9.17, 15) is 17.4 Å². The lowest BCUT2D eigenvalue weighted by Gasteiger charge is -2.08. The topological polar surface area (TPSA) is 78.9 Å². The van der Waals surface area contributed by atoms with Crippen molar-refractivity contribution in [2.75, 3.05) is 7.11 Å². The van der Waals surface area contributed by atoms with Crippen molar-refractivity contribution < 1.29 is 30.9 Å². The Morgan fingerprint density at radius 2 is 2.06 bits per heavy atom. The van der Waals surface area contributed by atoms with Crippen molar-refractivity contribution in [1.29, 1.82) is 0 Å². The molecule has 0 fully saturated rings. The van der Waals surface area contributed by atoms with Crippen molar-refractivity contribution in [2.45, 2.75) is 18.2 Å². The molecule has 1 atom stereocenters. The van der Waals surface area contributed by atoms with E-state index in [1.54, 1.807) is 6.92 Å². The molecular weight excluding hydrogens is 286 g/mol. The van der Waals surface area contributed by atoms with Crippen LogP contribution in [-0.2, 0) is 34.6 Å². The Kier molecular flexibility index (Phi) is 5.43. The van der Waals surface area contributed by atoms with Gasteiger partial charge < -0.3 is 4.52 Å². The van der Waals surface area contributed by atoms with Crippen LogP contribution in [0.5, 0.6) is 0 Å². The number of halogens is 1. The van der Waals surface area contributed by atoms with Crippen LogP contribution < -0.4 is 0 Å². The van der Waals surface area contributed by atoms with Crippen molar-refractivity contribution in [2.24, 2.45) is 0 Å². The first-order valence-corrected chi connectivity index (χ1v) is 7.52. The Morgan fingerprint density at radius 1 is 1.39 bits per heavy atom. The van der Waals surface area contributed by atoms with Gasteiger partial charge in [-0.3, -0.25) is 4.57 Å². The van der Waals surface area contributed by atoms with Crippen LogP contribution in [0, 0.1) is 5.82 Å². The molecular formula is C9H12FO6PS. The molecule has 1 aromatic rings. The van der Waals surface area contributed by atoms with E-state index in [1.807, 2.05) is 0 Å². The first-order valence-electron chi connectivity index (χ1n) is 4.89. The third-order valence-electron chi connectivity index (χ3n) is 2.04. The summed E-state index contributed by atoms with van der Waals surface area (Å²) in [7, 11) is -6.51. The van der Waals surface area contributed by atoms with Crippen LogP contribution in [0.25, 0.3) is 0 Å². The van der Waals surface area contributed by atoms with Crippen LogP contribution in [0.1, 0.15) is 12.5 Å². The molecule has 6 nitrogen and oxygen atoms in total. The summed E-state index contributed by atoms with van der Waals surface area (Å²) < 4.78 is 60.0. The minimum Gasteiger partial charge on any atom is -0.312 e. The van der Waals surface area contributed by atoms with Crippen LogP contribution in [0.4, 0.5) is 4.39 Å². The van der Waals surface area contributed by atoms with Gasteiger partial charge in [0.2, 0.25) is 0 Å². The molecule has 9 heteroatoms. The second-order valence-electron chi connectivity index (χ2n) is 3.14. The maximum Gasteiger partial charge on any atom is 0.348 e. The maximum absolute atomic E-state index is 13.5. The molecule has 0 aliphatic heterocycles. The summed E-state index contributed by atoms with van der Waals surface area (Å²) in [5.41, 5.74) is 0.232. The molecule has 0 amide bonds. The van der Waals surface area contributed by atoms with E-state index >= 15 is 0 Å². The normalized spacial score (nSPS) is 13.5. The predicted octanol–water partition coefficient (Wildman–Crippen LogP) is 2.06. The fourth-order valence-corrected chi connectivity index (χ4v) is 2.81. The monoisotopic (exact) mass is 298 g/mol. The zero-order valence-electron chi connectivity index (χ0n) is 9.67. The largest absolute Gasteiger partial charge is 0.348 e. The molecule has 0 aliphatic rings. The summed E-state index contributed by atoms with van der Waals surface area (Å²) in [6, 6.07) is 3.81. The number of hydrogen-bond donors (Lipinski definition) is 0. The predicted molar refractivity (Wildman–Crippen MR) is 61.1 cm³/mol. The second-order valence-corrected chi connectivity index (χ2v) is 5.67. The van der Waals surface area contributed by atoms with Gasteiger partial charge >= 0.3 is 18.4 Å². The molecule has 0 aromatic heterocycles. The van der Waals surface area contributed by atoms with Crippen LogP contribution in [0.15, 0.2) is 23.1 Å². The second kappa shape index (κ2) is 6.40. The van der Waals surface area contributed by atoms with Gasteiger partial charge in [-0.2, -0.15) is 8.42 Å². The van der Waals surface area contributed by atoms with Crippen molar-refractivity contribution in [3.63, 3.8) is 0 Å². The molecule has 0 spiro atoms. The highest BCUT2D eigenvalue weighted by Crippen LogP contribution is 2.28. The average Bonchev–Trinajstić information content (AvgIpc) is 2.35. The van der Waals surface area contributed by atoms with Gasteiger partial charge in [-0.05, 0) is 18.1 Å². The Hall–Kier alpha value is -0.790. The van der Waals surface area contributed by atoms with Crippen LogP contribution in [0.2, 0.25) is 0 Å². The van der Waals surface area contributed by atoms with E-state index in [1.165, 1.54) is 12.1 Å². The Balaban J connectivity index is 3.09. The number of aryl methyl sites for hydroxylation is 1. The van der Waals surface area contributed by atoms with Gasteiger partial charge in [-0.1, -0.05) is 23.4 Å². The lowest BCUT2D eigenvalue weighted by molar-refractivity contribution is -0.0964. The standard InChI is InChI=1S/C9H12FO6PS/c1-3-7-5-4-6-8(10)9(7)18(12,13)16-15-17(11)14-2/h4-6,17H,3H2,1-2H3. The molecule has 102 valence electrons. The lowest BCUT2D eigenvalue weighted by atomic mass is 10.2. The van der Waals surface area contributed by atoms with E-state index in [0.29, 0.717) is 0 Å². The average molecular weight is 298 g/mol. The van der Waals surface area contributed by atoms with E-state index in [0.717, 1.165) is 13.2 Å². The van der Waals surface area contributed by atoms with Gasteiger partial charge in [0.05, 0.1) is 0 Å². The van der Waals surface area contributed by atoms with E-state index in [4.69, 9.17) is 0 Å².